The maximum absolute atomic E-state index is 4.83. The predicted molar refractivity (Wildman–Crippen MR) is 31.6 cm³/mol. The summed E-state index contributed by atoms with van der Waals surface area (Å²) in [5.74, 6) is 0. The molecule has 0 saturated heterocycles. The van der Waals surface area contributed by atoms with Gasteiger partial charge in [-0.1, -0.05) is 0 Å². The fraction of sp³-hybridized carbons (Fsp3) is 0.333. The van der Waals surface area contributed by atoms with Crippen LogP contribution in [0.5, 0.6) is 0 Å². The second-order valence-corrected chi connectivity index (χ2v) is 1.62. The van der Waals surface area contributed by atoms with E-state index >= 15 is 0 Å². The third kappa shape index (κ3) is 1.77. The highest BCUT2D eigenvalue weighted by molar-refractivity contribution is 4.99. The van der Waals surface area contributed by atoms with Gasteiger partial charge in [0.1, 0.15) is 0 Å². The maximum atomic E-state index is 4.83. The van der Waals surface area contributed by atoms with Crippen LogP contribution in [0.2, 0.25) is 0 Å². The molecule has 0 spiro atoms. The van der Waals surface area contributed by atoms with Gasteiger partial charge in [0.15, 0.2) is 6.33 Å². The molecule has 9 heavy (non-hydrogen) atoms. The molecule has 1 aromatic heterocycles. The highest BCUT2D eigenvalue weighted by Gasteiger charge is 1.87. The molecule has 0 aliphatic heterocycles. The third-order valence-corrected chi connectivity index (χ3v) is 0.887. The van der Waals surface area contributed by atoms with E-state index in [9.17, 15) is 0 Å². The fourth-order valence-corrected chi connectivity index (χ4v) is 0.531. The minimum Gasteiger partial charge on any atom is -0.380 e. The monoisotopic (exact) mass is 123 g/mol. The van der Waals surface area contributed by atoms with Crippen LogP contribution in [-0.2, 0) is 11.3 Å². The van der Waals surface area contributed by atoms with Crippen molar-refractivity contribution in [1.29, 1.82) is 0 Å². The zero-order chi connectivity index (χ0) is 6.53. The smallest absolute Gasteiger partial charge is 0.197 e. The molecule has 3 heteroatoms. The maximum Gasteiger partial charge on any atom is 0.197 e. The van der Waals surface area contributed by atoms with Gasteiger partial charge in [0.25, 0.3) is 0 Å². The lowest BCUT2D eigenvalue weighted by Crippen LogP contribution is -1.88. The molecule has 0 unspecified atom stereocenters. The van der Waals surface area contributed by atoms with Crippen LogP contribution >= 0.6 is 0 Å². The predicted octanol–water partition coefficient (Wildman–Crippen LogP) is 0.423. The van der Waals surface area contributed by atoms with Gasteiger partial charge in [-0.05, 0) is 0 Å². The van der Waals surface area contributed by atoms with Gasteiger partial charge in [0.05, 0.1) is 6.61 Å². The minimum atomic E-state index is 0.564. The Bertz CT molecular complexity index is 164. The molecule has 47 valence electrons. The third-order valence-electron chi connectivity index (χ3n) is 0.887. The summed E-state index contributed by atoms with van der Waals surface area (Å²) >= 11 is 0. The van der Waals surface area contributed by atoms with Crippen LogP contribution in [0.1, 0.15) is 5.56 Å². The molecule has 0 N–H and O–H groups in total. The molecule has 0 fully saturated rings. The molecule has 3 nitrogen and oxygen atoms in total. The molecule has 1 heterocycles. The van der Waals surface area contributed by atoms with E-state index in [0.717, 1.165) is 5.56 Å². The van der Waals surface area contributed by atoms with Gasteiger partial charge in [0, 0.05) is 25.1 Å². The van der Waals surface area contributed by atoms with Crippen LogP contribution in [0.15, 0.2) is 12.4 Å². The van der Waals surface area contributed by atoms with Gasteiger partial charge < -0.3 is 4.74 Å². The standard InChI is InChI=1S/C6H7N2O/c1-9-4-6-2-7-5-8-3-6/h2-3H,4H2,1H3. The summed E-state index contributed by atoms with van der Waals surface area (Å²) in [6.45, 7) is 0.564. The van der Waals surface area contributed by atoms with Crippen molar-refractivity contribution < 1.29 is 4.74 Å². The van der Waals surface area contributed by atoms with Crippen LogP contribution in [0.25, 0.3) is 0 Å². The normalized spacial score (nSPS) is 9.44. The summed E-state index contributed by atoms with van der Waals surface area (Å²) in [7, 11) is 1.64. The number of hydrogen-bond donors (Lipinski definition) is 0. The molecule has 1 radical (unpaired) electrons. The quantitative estimate of drug-likeness (QED) is 0.571. The van der Waals surface area contributed by atoms with Crippen molar-refractivity contribution in [1.82, 2.24) is 9.97 Å². The Morgan fingerprint density at radius 1 is 1.56 bits per heavy atom. The lowest BCUT2D eigenvalue weighted by molar-refractivity contribution is 0.184. The Morgan fingerprint density at radius 2 is 2.22 bits per heavy atom. The highest BCUT2D eigenvalue weighted by Crippen LogP contribution is 1.92. The number of hydrogen-bond acceptors (Lipinski definition) is 3. The Labute approximate surface area is 53.7 Å². The average Bonchev–Trinajstić information content (AvgIpc) is 1.91. The van der Waals surface area contributed by atoms with Crippen LogP contribution in [0.3, 0.4) is 0 Å². The molecule has 0 amide bonds. The molecule has 0 aliphatic carbocycles. The zero-order valence-electron chi connectivity index (χ0n) is 5.16. The van der Waals surface area contributed by atoms with Gasteiger partial charge in [-0.15, -0.1) is 0 Å². The summed E-state index contributed by atoms with van der Waals surface area (Å²) in [5, 5.41) is 0. The van der Waals surface area contributed by atoms with Gasteiger partial charge in [0.2, 0.25) is 0 Å². The van der Waals surface area contributed by atoms with E-state index in [4.69, 9.17) is 4.74 Å². The SMILES string of the molecule is COCc1cn[c]nc1. The molecular weight excluding hydrogens is 116 g/mol. The second kappa shape index (κ2) is 3.14. The Morgan fingerprint density at radius 3 is 2.78 bits per heavy atom. The fourth-order valence-electron chi connectivity index (χ4n) is 0.531. The Kier molecular flexibility index (Phi) is 2.15. The highest BCUT2D eigenvalue weighted by atomic mass is 16.5. The summed E-state index contributed by atoms with van der Waals surface area (Å²) in [6, 6.07) is 0. The first-order chi connectivity index (χ1) is 4.43. The molecule has 0 bridgehead atoms. The molecule has 0 aromatic carbocycles. The van der Waals surface area contributed by atoms with Crippen LogP contribution in [-0.4, -0.2) is 17.1 Å². The lowest BCUT2D eigenvalue weighted by atomic mass is 10.4. The average molecular weight is 123 g/mol. The number of methoxy groups -OCH3 is 1. The first-order valence-electron chi connectivity index (χ1n) is 2.59. The first kappa shape index (κ1) is 6.16. The minimum absolute atomic E-state index is 0.564. The number of ether oxygens (including phenoxy) is 1. The topological polar surface area (TPSA) is 35.0 Å². The van der Waals surface area contributed by atoms with Crippen molar-refractivity contribution in [3.8, 4) is 0 Å². The van der Waals surface area contributed by atoms with Crippen molar-refractivity contribution in [2.45, 2.75) is 6.61 Å². The molecule has 1 rings (SSSR count). The van der Waals surface area contributed by atoms with E-state index < -0.39 is 0 Å². The second-order valence-electron chi connectivity index (χ2n) is 1.62. The Hall–Kier alpha value is -0.960. The number of rotatable bonds is 2. The zero-order valence-corrected chi connectivity index (χ0v) is 5.16. The summed E-state index contributed by atoms with van der Waals surface area (Å²) in [6.07, 6.45) is 5.79. The van der Waals surface area contributed by atoms with Crippen molar-refractivity contribution in [3.05, 3.63) is 24.3 Å². The number of aromatic nitrogens is 2. The van der Waals surface area contributed by atoms with Crippen molar-refractivity contribution in [2.75, 3.05) is 7.11 Å². The van der Waals surface area contributed by atoms with Crippen LogP contribution in [0, 0.1) is 6.33 Å². The van der Waals surface area contributed by atoms with Crippen molar-refractivity contribution in [3.63, 3.8) is 0 Å². The van der Waals surface area contributed by atoms with Crippen molar-refractivity contribution >= 4 is 0 Å². The lowest BCUT2D eigenvalue weighted by Gasteiger charge is -1.93. The number of nitrogens with zero attached hydrogens (tertiary/aromatic N) is 2. The Balaban J connectivity index is 2.61. The van der Waals surface area contributed by atoms with E-state index in [-0.39, 0.29) is 0 Å². The molecular formula is C6H7N2O. The van der Waals surface area contributed by atoms with E-state index in [0.29, 0.717) is 6.61 Å². The molecule has 0 atom stereocenters. The molecule has 0 aliphatic rings. The molecule has 1 aromatic rings. The van der Waals surface area contributed by atoms with Gasteiger partial charge in [-0.3, -0.25) is 0 Å². The molecule has 0 saturated carbocycles. The van der Waals surface area contributed by atoms with E-state index in [1.165, 1.54) is 0 Å². The summed E-state index contributed by atoms with van der Waals surface area (Å²) in [4.78, 5) is 7.37. The van der Waals surface area contributed by atoms with Gasteiger partial charge >= 0.3 is 0 Å². The first-order valence-corrected chi connectivity index (χ1v) is 2.59. The van der Waals surface area contributed by atoms with E-state index in [1.807, 2.05) is 0 Å². The van der Waals surface area contributed by atoms with Gasteiger partial charge in [-0.2, -0.15) is 0 Å². The van der Waals surface area contributed by atoms with Crippen molar-refractivity contribution in [2.24, 2.45) is 0 Å². The van der Waals surface area contributed by atoms with E-state index in [1.54, 1.807) is 19.5 Å². The van der Waals surface area contributed by atoms with Crippen LogP contribution < -0.4 is 0 Å². The van der Waals surface area contributed by atoms with E-state index in [2.05, 4.69) is 16.3 Å². The summed E-state index contributed by atoms with van der Waals surface area (Å²) < 4.78 is 4.83. The summed E-state index contributed by atoms with van der Waals surface area (Å²) in [5.41, 5.74) is 0.969. The largest absolute Gasteiger partial charge is 0.380 e. The van der Waals surface area contributed by atoms with Crippen LogP contribution in [0.4, 0.5) is 0 Å². The van der Waals surface area contributed by atoms with Gasteiger partial charge in [-0.25, -0.2) is 9.97 Å².